The lowest BCUT2D eigenvalue weighted by atomic mass is 10.1. The molecule has 4 nitrogen and oxygen atoms in total. The minimum absolute atomic E-state index is 0.415. The Morgan fingerprint density at radius 2 is 2.24 bits per heavy atom. The fourth-order valence-electron chi connectivity index (χ4n) is 1.65. The first-order valence-corrected chi connectivity index (χ1v) is 7.71. The minimum Gasteiger partial charge on any atom is -0.497 e. The highest BCUT2D eigenvalue weighted by Gasteiger charge is 2.07. The maximum absolute atomic E-state index is 10.7. The zero-order valence-electron chi connectivity index (χ0n) is 11.2. The van der Waals surface area contributed by atoms with Crippen molar-refractivity contribution in [3.63, 3.8) is 0 Å². The van der Waals surface area contributed by atoms with Crippen molar-refractivity contribution in [3.8, 4) is 11.5 Å². The summed E-state index contributed by atoms with van der Waals surface area (Å²) in [6, 6.07) is 7.24. The lowest BCUT2D eigenvalue weighted by molar-refractivity contribution is -0.131. The van der Waals surface area contributed by atoms with Gasteiger partial charge in [0.25, 0.3) is 0 Å². The molecule has 6 heteroatoms. The second-order valence-electron chi connectivity index (χ2n) is 4.06. The summed E-state index contributed by atoms with van der Waals surface area (Å²) in [5, 5.41) is 10.7. The van der Waals surface area contributed by atoms with Crippen molar-refractivity contribution in [3.05, 3.63) is 50.6 Å². The van der Waals surface area contributed by atoms with E-state index in [1.165, 1.54) is 6.08 Å². The average molecular weight is 369 g/mol. The maximum atomic E-state index is 10.7. The number of halogens is 1. The molecule has 0 aliphatic carbocycles. The van der Waals surface area contributed by atoms with Crippen LogP contribution in [0.25, 0.3) is 6.08 Å². The fraction of sp³-hybridized carbons (Fsp3) is 0.133. The third kappa shape index (κ3) is 4.34. The van der Waals surface area contributed by atoms with E-state index in [9.17, 15) is 4.79 Å². The predicted octanol–water partition coefficient (Wildman–Crippen LogP) is 4.20. The van der Waals surface area contributed by atoms with Crippen LogP contribution in [0.4, 0.5) is 0 Å². The molecule has 1 aromatic heterocycles. The van der Waals surface area contributed by atoms with Gasteiger partial charge in [-0.1, -0.05) is 0 Å². The molecule has 1 aromatic carbocycles. The van der Waals surface area contributed by atoms with Crippen LogP contribution in [0.1, 0.15) is 10.4 Å². The Kier molecular flexibility index (Phi) is 5.41. The Hall–Kier alpha value is -1.79. The Morgan fingerprint density at radius 1 is 1.43 bits per heavy atom. The zero-order chi connectivity index (χ0) is 15.2. The van der Waals surface area contributed by atoms with E-state index in [0.717, 1.165) is 15.4 Å². The molecule has 0 saturated carbocycles. The van der Waals surface area contributed by atoms with Gasteiger partial charge in [-0.3, -0.25) is 0 Å². The van der Waals surface area contributed by atoms with E-state index in [4.69, 9.17) is 14.6 Å². The van der Waals surface area contributed by atoms with Crippen LogP contribution in [0.15, 0.2) is 40.2 Å². The van der Waals surface area contributed by atoms with Gasteiger partial charge < -0.3 is 14.6 Å². The quantitative estimate of drug-likeness (QED) is 0.776. The first-order chi connectivity index (χ1) is 10.1. The third-order valence-electron chi connectivity index (χ3n) is 2.67. The number of ether oxygens (including phenoxy) is 2. The van der Waals surface area contributed by atoms with Crippen molar-refractivity contribution in [2.75, 3.05) is 7.11 Å². The highest BCUT2D eigenvalue weighted by atomic mass is 79.9. The van der Waals surface area contributed by atoms with Crippen LogP contribution in [-0.4, -0.2) is 18.2 Å². The van der Waals surface area contributed by atoms with Crippen LogP contribution in [-0.2, 0) is 11.4 Å². The number of hydrogen-bond donors (Lipinski definition) is 1. The van der Waals surface area contributed by atoms with Gasteiger partial charge in [0.15, 0.2) is 0 Å². The van der Waals surface area contributed by atoms with E-state index in [0.29, 0.717) is 23.7 Å². The predicted molar refractivity (Wildman–Crippen MR) is 86.0 cm³/mol. The van der Waals surface area contributed by atoms with Gasteiger partial charge >= 0.3 is 5.97 Å². The summed E-state index contributed by atoms with van der Waals surface area (Å²) < 4.78 is 11.9. The number of carbonyl (C=O) groups is 1. The summed E-state index contributed by atoms with van der Waals surface area (Å²) in [4.78, 5) is 11.7. The van der Waals surface area contributed by atoms with Crippen LogP contribution in [0.3, 0.4) is 0 Å². The molecule has 0 aliphatic rings. The monoisotopic (exact) mass is 368 g/mol. The van der Waals surface area contributed by atoms with E-state index in [1.54, 1.807) is 36.6 Å². The van der Waals surface area contributed by atoms with Crippen LogP contribution in [0.5, 0.6) is 11.5 Å². The number of carboxylic acids is 1. The molecule has 0 aliphatic heterocycles. The second kappa shape index (κ2) is 7.28. The number of methoxy groups -OCH3 is 1. The first kappa shape index (κ1) is 15.6. The molecule has 0 spiro atoms. The SMILES string of the molecule is COc1ccc(OCc2sccc2Br)c(C=CC(=O)O)c1. The topological polar surface area (TPSA) is 55.8 Å². The van der Waals surface area contributed by atoms with Crippen molar-refractivity contribution in [2.24, 2.45) is 0 Å². The lowest BCUT2D eigenvalue weighted by Crippen LogP contribution is -1.97. The normalized spacial score (nSPS) is 10.8. The number of carboxylic acid groups (broad SMARTS) is 1. The van der Waals surface area contributed by atoms with Crippen LogP contribution in [0, 0.1) is 0 Å². The molecular weight excluding hydrogens is 356 g/mol. The Labute approximate surface area is 134 Å². The maximum Gasteiger partial charge on any atom is 0.328 e. The van der Waals surface area contributed by atoms with Gasteiger partial charge in [0.2, 0.25) is 0 Å². The van der Waals surface area contributed by atoms with Crippen LogP contribution < -0.4 is 9.47 Å². The molecule has 0 unspecified atom stereocenters. The highest BCUT2D eigenvalue weighted by molar-refractivity contribution is 9.10. The average Bonchev–Trinajstić information content (AvgIpc) is 2.88. The molecule has 1 N–H and O–H groups in total. The fourth-order valence-corrected chi connectivity index (χ4v) is 3.03. The molecule has 0 saturated heterocycles. The second-order valence-corrected chi connectivity index (χ2v) is 5.91. The van der Waals surface area contributed by atoms with Gasteiger partial charge in [0.1, 0.15) is 18.1 Å². The Morgan fingerprint density at radius 3 is 2.86 bits per heavy atom. The van der Waals surface area contributed by atoms with Crippen molar-refractivity contribution < 1.29 is 19.4 Å². The number of rotatable bonds is 6. The number of benzene rings is 1. The molecule has 110 valence electrons. The Bertz CT molecular complexity index is 663. The van der Waals surface area contributed by atoms with E-state index in [2.05, 4.69) is 15.9 Å². The molecule has 2 aromatic rings. The molecule has 0 fully saturated rings. The van der Waals surface area contributed by atoms with Crippen LogP contribution in [0.2, 0.25) is 0 Å². The molecule has 0 atom stereocenters. The standard InChI is InChI=1S/C15H13BrO4S/c1-19-11-3-4-13(10(8-11)2-5-15(17)18)20-9-14-12(16)6-7-21-14/h2-8H,9H2,1H3,(H,17,18). The van der Waals surface area contributed by atoms with E-state index >= 15 is 0 Å². The van der Waals surface area contributed by atoms with Gasteiger partial charge in [-0.25, -0.2) is 4.79 Å². The van der Waals surface area contributed by atoms with Gasteiger partial charge in [-0.2, -0.15) is 0 Å². The molecule has 1 heterocycles. The molecule has 0 radical (unpaired) electrons. The van der Waals surface area contributed by atoms with Crippen molar-refractivity contribution in [1.82, 2.24) is 0 Å². The molecular formula is C15H13BrO4S. The molecule has 0 bridgehead atoms. The smallest absolute Gasteiger partial charge is 0.328 e. The van der Waals surface area contributed by atoms with Crippen LogP contribution >= 0.6 is 27.3 Å². The summed E-state index contributed by atoms with van der Waals surface area (Å²) in [6.45, 7) is 0.415. The molecule has 21 heavy (non-hydrogen) atoms. The lowest BCUT2D eigenvalue weighted by Gasteiger charge is -2.10. The minimum atomic E-state index is -1.01. The summed E-state index contributed by atoms with van der Waals surface area (Å²) in [5.41, 5.74) is 0.657. The van der Waals surface area contributed by atoms with Crippen molar-refractivity contribution in [1.29, 1.82) is 0 Å². The first-order valence-electron chi connectivity index (χ1n) is 6.04. The molecule has 0 amide bonds. The summed E-state index contributed by atoms with van der Waals surface area (Å²) in [7, 11) is 1.56. The van der Waals surface area contributed by atoms with Gasteiger partial charge in [-0.05, 0) is 51.7 Å². The third-order valence-corrected chi connectivity index (χ3v) is 4.57. The Balaban J connectivity index is 2.21. The molecule has 2 rings (SSSR count). The van der Waals surface area contributed by atoms with Gasteiger partial charge in [0, 0.05) is 16.1 Å². The van der Waals surface area contributed by atoms with E-state index < -0.39 is 5.97 Å². The highest BCUT2D eigenvalue weighted by Crippen LogP contribution is 2.28. The number of aliphatic carboxylic acids is 1. The van der Waals surface area contributed by atoms with Crippen molar-refractivity contribution in [2.45, 2.75) is 6.61 Å². The van der Waals surface area contributed by atoms with E-state index in [-0.39, 0.29) is 0 Å². The van der Waals surface area contributed by atoms with Crippen molar-refractivity contribution >= 4 is 39.3 Å². The number of thiophene rings is 1. The summed E-state index contributed by atoms with van der Waals surface area (Å²) in [6.07, 6.45) is 2.56. The summed E-state index contributed by atoms with van der Waals surface area (Å²) in [5.74, 6) is 0.239. The zero-order valence-corrected chi connectivity index (χ0v) is 13.6. The van der Waals surface area contributed by atoms with E-state index in [1.807, 2.05) is 11.4 Å². The van der Waals surface area contributed by atoms with Gasteiger partial charge in [-0.15, -0.1) is 11.3 Å². The summed E-state index contributed by atoms with van der Waals surface area (Å²) >= 11 is 5.04. The number of hydrogen-bond acceptors (Lipinski definition) is 4. The largest absolute Gasteiger partial charge is 0.497 e. The van der Waals surface area contributed by atoms with Gasteiger partial charge in [0.05, 0.1) is 12.0 Å².